The maximum absolute atomic E-state index is 12.3. The molecule has 1 aliphatic rings. The van der Waals surface area contributed by atoms with Crippen LogP contribution in [-0.2, 0) is 9.53 Å². The number of ether oxygens (including phenoxy) is 1. The number of aromatic hydroxyl groups is 2. The second-order valence-electron chi connectivity index (χ2n) is 4.84. The monoisotopic (exact) mass is 294 g/mol. The first-order chi connectivity index (χ1) is 10.0. The first kappa shape index (κ1) is 15.1. The summed E-state index contributed by atoms with van der Waals surface area (Å²) in [6.07, 6.45) is 0. The lowest BCUT2D eigenvalue weighted by molar-refractivity contribution is -0.136. The molecule has 0 unspecified atom stereocenters. The van der Waals surface area contributed by atoms with Crippen molar-refractivity contribution in [1.82, 2.24) is 9.80 Å². The molecule has 2 N–H and O–H groups in total. The fraction of sp³-hybridized carbons (Fsp3) is 0.429. The van der Waals surface area contributed by atoms with Crippen LogP contribution in [0, 0.1) is 0 Å². The summed E-state index contributed by atoms with van der Waals surface area (Å²) in [5.41, 5.74) is 0.226. The molecule has 2 amide bonds. The van der Waals surface area contributed by atoms with Crippen LogP contribution in [-0.4, -0.2) is 71.7 Å². The average molecular weight is 294 g/mol. The number of piperazine rings is 1. The fourth-order valence-electron chi connectivity index (χ4n) is 2.27. The number of carbonyl (C=O) groups is 2. The predicted octanol–water partition coefficient (Wildman–Crippen LogP) is 0.0286. The second-order valence-corrected chi connectivity index (χ2v) is 4.84. The Bertz CT molecular complexity index is 518. The van der Waals surface area contributed by atoms with Crippen LogP contribution >= 0.6 is 0 Å². The van der Waals surface area contributed by atoms with Gasteiger partial charge in [-0.15, -0.1) is 0 Å². The van der Waals surface area contributed by atoms with Crippen LogP contribution in [0.25, 0.3) is 0 Å². The van der Waals surface area contributed by atoms with Gasteiger partial charge in [0.25, 0.3) is 5.91 Å². The van der Waals surface area contributed by atoms with Gasteiger partial charge in [0.05, 0.1) is 0 Å². The molecule has 0 aromatic heterocycles. The van der Waals surface area contributed by atoms with Gasteiger partial charge in [0, 0.05) is 44.9 Å². The Morgan fingerprint density at radius 3 is 2.10 bits per heavy atom. The normalized spacial score (nSPS) is 15.1. The van der Waals surface area contributed by atoms with E-state index >= 15 is 0 Å². The first-order valence-electron chi connectivity index (χ1n) is 6.60. The van der Waals surface area contributed by atoms with E-state index in [9.17, 15) is 19.8 Å². The van der Waals surface area contributed by atoms with E-state index in [0.717, 1.165) is 6.07 Å². The van der Waals surface area contributed by atoms with E-state index in [2.05, 4.69) is 0 Å². The van der Waals surface area contributed by atoms with Crippen LogP contribution in [0.3, 0.4) is 0 Å². The minimum atomic E-state index is -0.278. The number of rotatable bonds is 3. The number of carbonyl (C=O) groups excluding carboxylic acids is 2. The number of phenols is 2. The Morgan fingerprint density at radius 2 is 1.57 bits per heavy atom. The zero-order chi connectivity index (χ0) is 15.4. The largest absolute Gasteiger partial charge is 0.508 e. The number of benzene rings is 1. The van der Waals surface area contributed by atoms with Crippen molar-refractivity contribution >= 4 is 11.8 Å². The number of phenolic OH excluding ortho intramolecular Hbond substituents is 2. The van der Waals surface area contributed by atoms with E-state index in [1.807, 2.05) is 0 Å². The van der Waals surface area contributed by atoms with Crippen molar-refractivity contribution < 1.29 is 24.5 Å². The molecule has 1 aromatic rings. The van der Waals surface area contributed by atoms with Gasteiger partial charge in [-0.05, 0) is 12.1 Å². The molecule has 0 spiro atoms. The van der Waals surface area contributed by atoms with Crippen LogP contribution in [0.4, 0.5) is 0 Å². The van der Waals surface area contributed by atoms with Gasteiger partial charge in [-0.2, -0.15) is 0 Å². The van der Waals surface area contributed by atoms with Crippen molar-refractivity contribution in [2.75, 3.05) is 39.9 Å². The van der Waals surface area contributed by atoms with Gasteiger partial charge in [-0.1, -0.05) is 0 Å². The predicted molar refractivity (Wildman–Crippen MR) is 74.1 cm³/mol. The van der Waals surface area contributed by atoms with Crippen molar-refractivity contribution in [3.63, 3.8) is 0 Å². The summed E-state index contributed by atoms with van der Waals surface area (Å²) in [5.74, 6) is -0.695. The summed E-state index contributed by atoms with van der Waals surface area (Å²) in [4.78, 5) is 27.2. The van der Waals surface area contributed by atoms with Gasteiger partial charge in [0.15, 0.2) is 0 Å². The topological polar surface area (TPSA) is 90.3 Å². The lowest BCUT2D eigenvalue weighted by atomic mass is 10.1. The quantitative estimate of drug-likeness (QED) is 0.821. The maximum atomic E-state index is 12.3. The molecule has 0 aliphatic carbocycles. The Hall–Kier alpha value is -2.28. The van der Waals surface area contributed by atoms with Crippen LogP contribution in [0.5, 0.6) is 11.5 Å². The van der Waals surface area contributed by atoms with E-state index < -0.39 is 0 Å². The molecule has 1 aromatic carbocycles. The maximum Gasteiger partial charge on any atom is 0.254 e. The van der Waals surface area contributed by atoms with Crippen molar-refractivity contribution in [3.8, 4) is 11.5 Å². The molecule has 0 bridgehead atoms. The van der Waals surface area contributed by atoms with Gasteiger partial charge >= 0.3 is 0 Å². The summed E-state index contributed by atoms with van der Waals surface area (Å²) in [7, 11) is 1.46. The standard InChI is InChI=1S/C14H18N2O5/c1-21-9-13(19)15-2-4-16(5-3-15)14(20)10-6-11(17)8-12(18)7-10/h6-8,17-18H,2-5,9H2,1H3. The van der Waals surface area contributed by atoms with E-state index in [0.29, 0.717) is 26.2 Å². The summed E-state index contributed by atoms with van der Waals surface area (Å²) in [6, 6.07) is 3.78. The Kier molecular flexibility index (Phi) is 4.64. The van der Waals surface area contributed by atoms with Crippen molar-refractivity contribution in [2.24, 2.45) is 0 Å². The lowest BCUT2D eigenvalue weighted by Crippen LogP contribution is -2.51. The van der Waals surface area contributed by atoms with Crippen molar-refractivity contribution in [2.45, 2.75) is 0 Å². The molecule has 2 rings (SSSR count). The molecule has 0 radical (unpaired) electrons. The summed E-state index contributed by atoms with van der Waals surface area (Å²) in [5, 5.41) is 18.8. The molecule has 1 saturated heterocycles. The summed E-state index contributed by atoms with van der Waals surface area (Å²) >= 11 is 0. The molecule has 1 fully saturated rings. The molecular weight excluding hydrogens is 276 g/mol. The van der Waals surface area contributed by atoms with Crippen LogP contribution in [0.1, 0.15) is 10.4 Å². The molecule has 114 valence electrons. The molecule has 0 atom stereocenters. The van der Waals surface area contributed by atoms with Crippen LogP contribution in [0.15, 0.2) is 18.2 Å². The molecule has 1 aliphatic heterocycles. The minimum Gasteiger partial charge on any atom is -0.508 e. The third-order valence-corrected chi connectivity index (χ3v) is 3.34. The highest BCUT2D eigenvalue weighted by Gasteiger charge is 2.25. The third kappa shape index (κ3) is 3.63. The SMILES string of the molecule is COCC(=O)N1CCN(C(=O)c2cc(O)cc(O)c2)CC1. The molecule has 7 nitrogen and oxygen atoms in total. The smallest absolute Gasteiger partial charge is 0.254 e. The third-order valence-electron chi connectivity index (χ3n) is 3.34. The average Bonchev–Trinajstić information content (AvgIpc) is 2.46. The zero-order valence-corrected chi connectivity index (χ0v) is 11.8. The number of methoxy groups -OCH3 is 1. The van der Waals surface area contributed by atoms with E-state index in [1.54, 1.807) is 9.80 Å². The first-order valence-corrected chi connectivity index (χ1v) is 6.60. The van der Waals surface area contributed by atoms with Gasteiger partial charge in [0.1, 0.15) is 18.1 Å². The van der Waals surface area contributed by atoms with E-state index in [-0.39, 0.29) is 35.5 Å². The molecule has 1 heterocycles. The van der Waals surface area contributed by atoms with Crippen molar-refractivity contribution in [3.05, 3.63) is 23.8 Å². The molecular formula is C14H18N2O5. The molecule has 21 heavy (non-hydrogen) atoms. The van der Waals surface area contributed by atoms with E-state index in [1.165, 1.54) is 19.2 Å². The number of nitrogens with zero attached hydrogens (tertiary/aromatic N) is 2. The Labute approximate surface area is 122 Å². The van der Waals surface area contributed by atoms with Gasteiger partial charge in [0.2, 0.25) is 5.91 Å². The van der Waals surface area contributed by atoms with Crippen LogP contribution in [0.2, 0.25) is 0 Å². The van der Waals surface area contributed by atoms with Gasteiger partial charge in [-0.25, -0.2) is 0 Å². The highest BCUT2D eigenvalue weighted by molar-refractivity contribution is 5.95. The second kappa shape index (κ2) is 6.45. The van der Waals surface area contributed by atoms with Gasteiger partial charge < -0.3 is 24.7 Å². The van der Waals surface area contributed by atoms with E-state index in [4.69, 9.17) is 4.74 Å². The Balaban J connectivity index is 1.98. The molecule has 0 saturated carbocycles. The summed E-state index contributed by atoms with van der Waals surface area (Å²) < 4.78 is 4.80. The highest BCUT2D eigenvalue weighted by Crippen LogP contribution is 2.21. The summed E-state index contributed by atoms with van der Waals surface area (Å²) in [6.45, 7) is 1.74. The highest BCUT2D eigenvalue weighted by atomic mass is 16.5. The lowest BCUT2D eigenvalue weighted by Gasteiger charge is -2.34. The number of amides is 2. The molecule has 7 heteroatoms. The zero-order valence-electron chi connectivity index (χ0n) is 11.8. The minimum absolute atomic E-state index is 0.0361. The Morgan fingerprint density at radius 1 is 1.05 bits per heavy atom. The van der Waals surface area contributed by atoms with Crippen molar-refractivity contribution in [1.29, 1.82) is 0 Å². The van der Waals surface area contributed by atoms with Crippen LogP contribution < -0.4 is 0 Å². The number of hydrogen-bond donors (Lipinski definition) is 2. The van der Waals surface area contributed by atoms with Gasteiger partial charge in [-0.3, -0.25) is 9.59 Å². The number of hydrogen-bond acceptors (Lipinski definition) is 5. The fourth-order valence-corrected chi connectivity index (χ4v) is 2.27.